The molecule has 1 saturated carbocycles. The van der Waals surface area contributed by atoms with Gasteiger partial charge in [0.25, 0.3) is 5.91 Å². The Balaban J connectivity index is 1.21. The Morgan fingerprint density at radius 2 is 1.71 bits per heavy atom. The van der Waals surface area contributed by atoms with Gasteiger partial charge in [-0.25, -0.2) is 0 Å². The summed E-state index contributed by atoms with van der Waals surface area (Å²) in [5.74, 6) is 2.80. The largest absolute Gasteiger partial charge is 0.492 e. The third-order valence-electron chi connectivity index (χ3n) is 8.10. The number of piperidine rings is 1. The maximum atomic E-state index is 12.9. The average molecular weight is 477 g/mol. The Kier molecular flexibility index (Phi) is 7.92. The number of fused-ring (bicyclic) bond motifs is 1. The van der Waals surface area contributed by atoms with Gasteiger partial charge in [-0.3, -0.25) is 9.69 Å². The Hall–Kier alpha value is -2.53. The molecule has 0 N–H and O–H groups in total. The molecular weight excluding hydrogens is 436 g/mol. The van der Waals surface area contributed by atoms with Crippen LogP contribution in [0.15, 0.2) is 54.6 Å². The van der Waals surface area contributed by atoms with Crippen molar-refractivity contribution in [3.05, 3.63) is 60.2 Å². The standard InChI is InChI=1S/C30H40N2O3/c33-29(23-35-27-10-2-1-3-11-27)32-18-16-30(17-19-32)15-7-6-9-26-8-4-5-12-28(26)34-21-20-31(24-30)22-25-13-14-25/h1-5,8,10-12,25H,6-7,9,13-24H2. The minimum atomic E-state index is 0.108. The monoisotopic (exact) mass is 476 g/mol. The number of aryl methyl sites for hydroxylation is 1. The van der Waals surface area contributed by atoms with Gasteiger partial charge in [0.15, 0.2) is 6.61 Å². The topological polar surface area (TPSA) is 42.0 Å². The highest BCUT2D eigenvalue weighted by atomic mass is 16.5. The lowest BCUT2D eigenvalue weighted by Crippen LogP contribution is -2.49. The second-order valence-electron chi connectivity index (χ2n) is 10.8. The van der Waals surface area contributed by atoms with Crippen molar-refractivity contribution in [1.29, 1.82) is 0 Å². The SMILES string of the molecule is O=C(COc1ccccc1)N1CCC2(CCCCc3ccccc3OCCN(CC3CC3)C2)CC1. The van der Waals surface area contributed by atoms with Crippen LogP contribution in [0.2, 0.25) is 0 Å². The molecule has 1 saturated heterocycles. The van der Waals surface area contributed by atoms with E-state index in [-0.39, 0.29) is 12.5 Å². The summed E-state index contributed by atoms with van der Waals surface area (Å²) >= 11 is 0. The second kappa shape index (κ2) is 11.5. The number of hydrogen-bond donors (Lipinski definition) is 0. The molecule has 5 heteroatoms. The molecule has 0 radical (unpaired) electrons. The van der Waals surface area contributed by atoms with E-state index in [1.807, 2.05) is 35.2 Å². The van der Waals surface area contributed by atoms with Crippen molar-refractivity contribution in [1.82, 2.24) is 9.80 Å². The van der Waals surface area contributed by atoms with Gasteiger partial charge in [-0.1, -0.05) is 42.8 Å². The highest BCUT2D eigenvalue weighted by Crippen LogP contribution is 2.39. The molecular formula is C30H40N2O3. The van der Waals surface area contributed by atoms with Crippen LogP contribution in [0, 0.1) is 11.3 Å². The molecule has 35 heavy (non-hydrogen) atoms. The van der Waals surface area contributed by atoms with E-state index in [2.05, 4.69) is 29.2 Å². The predicted molar refractivity (Wildman–Crippen MR) is 139 cm³/mol. The van der Waals surface area contributed by atoms with Crippen molar-refractivity contribution in [2.75, 3.05) is 45.9 Å². The first-order chi connectivity index (χ1) is 17.2. The molecule has 0 atom stereocenters. The summed E-state index contributed by atoms with van der Waals surface area (Å²) in [5, 5.41) is 0. The molecule has 2 heterocycles. The number of ether oxygens (including phenoxy) is 2. The fraction of sp³-hybridized carbons (Fsp3) is 0.567. The van der Waals surface area contributed by atoms with Crippen molar-refractivity contribution in [3.63, 3.8) is 0 Å². The third-order valence-corrected chi connectivity index (χ3v) is 8.10. The first kappa shape index (κ1) is 24.2. The number of carbonyl (C=O) groups is 1. The lowest BCUT2D eigenvalue weighted by Gasteiger charge is -2.45. The Morgan fingerprint density at radius 1 is 0.943 bits per heavy atom. The fourth-order valence-corrected chi connectivity index (χ4v) is 5.80. The van der Waals surface area contributed by atoms with Crippen molar-refractivity contribution >= 4 is 5.91 Å². The zero-order chi connectivity index (χ0) is 23.9. The Bertz CT molecular complexity index is 951. The van der Waals surface area contributed by atoms with E-state index in [9.17, 15) is 4.79 Å². The number of likely N-dealkylation sites (tertiary alicyclic amines) is 1. The smallest absolute Gasteiger partial charge is 0.260 e. The van der Waals surface area contributed by atoms with Gasteiger partial charge in [0, 0.05) is 32.7 Å². The number of nitrogens with zero attached hydrogens (tertiary/aromatic N) is 2. The molecule has 5 nitrogen and oxygen atoms in total. The molecule has 1 aliphatic carbocycles. The summed E-state index contributed by atoms with van der Waals surface area (Å²) in [6, 6.07) is 18.2. The van der Waals surface area contributed by atoms with E-state index in [1.165, 1.54) is 44.2 Å². The van der Waals surface area contributed by atoms with Crippen LogP contribution in [-0.2, 0) is 11.2 Å². The van der Waals surface area contributed by atoms with Crippen molar-refractivity contribution in [2.24, 2.45) is 11.3 Å². The van der Waals surface area contributed by atoms with Crippen LogP contribution >= 0.6 is 0 Å². The normalized spacial score (nSPS) is 21.3. The number of amides is 1. The average Bonchev–Trinajstić information content (AvgIpc) is 3.70. The lowest BCUT2D eigenvalue weighted by atomic mass is 9.73. The highest BCUT2D eigenvalue weighted by molar-refractivity contribution is 5.77. The van der Waals surface area contributed by atoms with Gasteiger partial charge in [-0.05, 0) is 80.0 Å². The highest BCUT2D eigenvalue weighted by Gasteiger charge is 2.38. The molecule has 2 aromatic rings. The minimum absolute atomic E-state index is 0.108. The molecule has 2 aromatic carbocycles. The molecule has 0 bridgehead atoms. The van der Waals surface area contributed by atoms with Crippen LogP contribution in [-0.4, -0.2) is 61.6 Å². The van der Waals surface area contributed by atoms with Crippen molar-refractivity contribution in [2.45, 2.75) is 51.4 Å². The van der Waals surface area contributed by atoms with Gasteiger partial charge in [0.1, 0.15) is 18.1 Å². The van der Waals surface area contributed by atoms with Crippen molar-refractivity contribution in [3.8, 4) is 11.5 Å². The zero-order valence-electron chi connectivity index (χ0n) is 21.0. The van der Waals surface area contributed by atoms with Crippen LogP contribution in [0.4, 0.5) is 0 Å². The van der Waals surface area contributed by atoms with Crippen LogP contribution in [0.25, 0.3) is 0 Å². The van der Waals surface area contributed by atoms with Gasteiger partial charge in [0.05, 0.1) is 0 Å². The molecule has 3 aliphatic rings. The number of hydrogen-bond acceptors (Lipinski definition) is 4. The van der Waals surface area contributed by atoms with E-state index in [1.54, 1.807) is 0 Å². The minimum Gasteiger partial charge on any atom is -0.492 e. The predicted octanol–water partition coefficient (Wildman–Crippen LogP) is 5.19. The Labute approximate surface area is 210 Å². The van der Waals surface area contributed by atoms with E-state index in [4.69, 9.17) is 9.47 Å². The number of rotatable bonds is 5. The molecule has 1 amide bonds. The summed E-state index contributed by atoms with van der Waals surface area (Å²) in [6.45, 7) is 5.88. The van der Waals surface area contributed by atoms with E-state index in [0.29, 0.717) is 5.41 Å². The summed E-state index contributed by atoms with van der Waals surface area (Å²) in [6.07, 6.45) is 9.67. The van der Waals surface area contributed by atoms with Crippen molar-refractivity contribution < 1.29 is 14.3 Å². The number of benzene rings is 2. The molecule has 2 fully saturated rings. The summed E-state index contributed by atoms with van der Waals surface area (Å²) in [7, 11) is 0. The first-order valence-corrected chi connectivity index (χ1v) is 13.6. The van der Waals surface area contributed by atoms with Crippen LogP contribution < -0.4 is 9.47 Å². The zero-order valence-corrected chi connectivity index (χ0v) is 21.0. The summed E-state index contributed by atoms with van der Waals surface area (Å²) in [4.78, 5) is 17.6. The summed E-state index contributed by atoms with van der Waals surface area (Å²) < 4.78 is 12.0. The molecule has 5 rings (SSSR count). The molecule has 0 unspecified atom stereocenters. The van der Waals surface area contributed by atoms with Gasteiger partial charge < -0.3 is 14.4 Å². The molecule has 1 spiro atoms. The third kappa shape index (κ3) is 6.78. The van der Waals surface area contributed by atoms with Crippen LogP contribution in [0.3, 0.4) is 0 Å². The van der Waals surface area contributed by atoms with E-state index in [0.717, 1.165) is 69.5 Å². The van der Waals surface area contributed by atoms with Gasteiger partial charge in [0.2, 0.25) is 0 Å². The van der Waals surface area contributed by atoms with Gasteiger partial charge >= 0.3 is 0 Å². The maximum Gasteiger partial charge on any atom is 0.260 e. The van der Waals surface area contributed by atoms with Gasteiger partial charge in [-0.15, -0.1) is 0 Å². The first-order valence-electron chi connectivity index (χ1n) is 13.6. The Morgan fingerprint density at radius 3 is 2.51 bits per heavy atom. The van der Waals surface area contributed by atoms with Gasteiger partial charge in [-0.2, -0.15) is 0 Å². The lowest BCUT2D eigenvalue weighted by molar-refractivity contribution is -0.136. The maximum absolute atomic E-state index is 12.9. The number of carbonyl (C=O) groups excluding carboxylic acids is 1. The number of para-hydroxylation sites is 2. The van der Waals surface area contributed by atoms with E-state index >= 15 is 0 Å². The fourth-order valence-electron chi connectivity index (χ4n) is 5.80. The second-order valence-corrected chi connectivity index (χ2v) is 10.8. The van der Waals surface area contributed by atoms with Crippen LogP contribution in [0.1, 0.15) is 50.5 Å². The summed E-state index contributed by atoms with van der Waals surface area (Å²) in [5.41, 5.74) is 1.64. The molecule has 188 valence electrons. The van der Waals surface area contributed by atoms with Crippen LogP contribution in [0.5, 0.6) is 11.5 Å². The van der Waals surface area contributed by atoms with E-state index < -0.39 is 0 Å². The quantitative estimate of drug-likeness (QED) is 0.596. The molecule has 0 aromatic heterocycles. The molecule has 2 aliphatic heterocycles.